The van der Waals surface area contributed by atoms with Crippen LogP contribution in [0.1, 0.15) is 37.6 Å². The molecule has 45 heavy (non-hydrogen) atoms. The molecule has 0 aliphatic rings. The molecule has 0 bridgehead atoms. The van der Waals surface area contributed by atoms with Crippen molar-refractivity contribution >= 4 is 40.9 Å². The maximum absolute atomic E-state index is 13.2. The van der Waals surface area contributed by atoms with Gasteiger partial charge in [0.05, 0.1) is 22.0 Å². The van der Waals surface area contributed by atoms with Crippen molar-refractivity contribution in [2.75, 3.05) is 5.32 Å². The van der Waals surface area contributed by atoms with E-state index in [1.807, 2.05) is 84.3 Å². The Morgan fingerprint density at radius 1 is 0.978 bits per heavy atom. The highest BCUT2D eigenvalue weighted by Gasteiger charge is 2.22. The zero-order chi connectivity index (χ0) is 31.7. The highest BCUT2D eigenvalue weighted by atomic mass is 35.5. The highest BCUT2D eigenvalue weighted by Crippen LogP contribution is 2.36. The van der Waals surface area contributed by atoms with Crippen LogP contribution in [0.5, 0.6) is 5.75 Å². The molecule has 0 aliphatic heterocycles. The van der Waals surface area contributed by atoms with Crippen molar-refractivity contribution in [1.82, 2.24) is 29.7 Å². The van der Waals surface area contributed by atoms with E-state index < -0.39 is 0 Å². The van der Waals surface area contributed by atoms with E-state index in [2.05, 4.69) is 41.6 Å². The number of hydrogen-bond donors (Lipinski definition) is 3. The minimum absolute atomic E-state index is 0.0437. The number of rotatable bonds is 7. The van der Waals surface area contributed by atoms with Crippen LogP contribution in [0, 0.1) is 6.92 Å². The first kappa shape index (κ1) is 30.2. The third kappa shape index (κ3) is 6.52. The van der Waals surface area contributed by atoms with Gasteiger partial charge < -0.3 is 10.4 Å². The SMILES string of the molecule is Cc1cccc(-n2nc(C(C)(C)C)cc2NC(=O)NCc2ccccc2Sc2ccc3nnc(-c4cccc(Cl)c4O)n3c2)c1. The van der Waals surface area contributed by atoms with Gasteiger partial charge in [-0.3, -0.25) is 9.72 Å². The predicted molar refractivity (Wildman–Crippen MR) is 179 cm³/mol. The van der Waals surface area contributed by atoms with E-state index in [1.165, 1.54) is 0 Å². The van der Waals surface area contributed by atoms with E-state index in [4.69, 9.17) is 16.7 Å². The first-order chi connectivity index (χ1) is 21.6. The van der Waals surface area contributed by atoms with Gasteiger partial charge in [-0.15, -0.1) is 10.2 Å². The second-order valence-corrected chi connectivity index (χ2v) is 13.2. The molecule has 3 heterocycles. The summed E-state index contributed by atoms with van der Waals surface area (Å²) in [6, 6.07) is 26.5. The van der Waals surface area contributed by atoms with Gasteiger partial charge in [-0.05, 0) is 60.5 Å². The average Bonchev–Trinajstić information content (AvgIpc) is 3.63. The van der Waals surface area contributed by atoms with Gasteiger partial charge in [-0.2, -0.15) is 5.10 Å². The number of pyridine rings is 1. The Labute approximate surface area is 270 Å². The van der Waals surface area contributed by atoms with Crippen molar-refractivity contribution < 1.29 is 9.90 Å². The molecule has 6 aromatic rings. The lowest BCUT2D eigenvalue weighted by atomic mass is 9.92. The molecule has 228 valence electrons. The van der Waals surface area contributed by atoms with Crippen LogP contribution < -0.4 is 10.6 Å². The average molecular weight is 638 g/mol. The Balaban J connectivity index is 1.20. The van der Waals surface area contributed by atoms with Crippen molar-refractivity contribution in [3.8, 4) is 22.8 Å². The van der Waals surface area contributed by atoms with Crippen LogP contribution in [0.3, 0.4) is 0 Å². The summed E-state index contributed by atoms with van der Waals surface area (Å²) in [6.45, 7) is 8.63. The summed E-state index contributed by atoms with van der Waals surface area (Å²) in [4.78, 5) is 15.1. The summed E-state index contributed by atoms with van der Waals surface area (Å²) in [5.41, 5.74) is 4.75. The normalized spacial score (nSPS) is 11.6. The highest BCUT2D eigenvalue weighted by molar-refractivity contribution is 7.99. The van der Waals surface area contributed by atoms with Crippen molar-refractivity contribution in [3.05, 3.63) is 113 Å². The van der Waals surface area contributed by atoms with Gasteiger partial charge in [0.15, 0.2) is 11.5 Å². The molecule has 3 aromatic heterocycles. The fourth-order valence-electron chi connectivity index (χ4n) is 4.82. The number of nitrogens with one attached hydrogen (secondary N) is 2. The number of carbonyl (C=O) groups is 1. The van der Waals surface area contributed by atoms with E-state index in [1.54, 1.807) is 34.6 Å². The largest absolute Gasteiger partial charge is 0.506 e. The molecule has 0 spiro atoms. The van der Waals surface area contributed by atoms with Crippen LogP contribution in [0.2, 0.25) is 5.02 Å². The van der Waals surface area contributed by atoms with Gasteiger partial charge in [0.2, 0.25) is 0 Å². The topological polar surface area (TPSA) is 109 Å². The van der Waals surface area contributed by atoms with E-state index in [9.17, 15) is 9.90 Å². The van der Waals surface area contributed by atoms with Crippen molar-refractivity contribution in [2.45, 2.75) is 49.4 Å². The maximum Gasteiger partial charge on any atom is 0.320 e. The number of fused-ring (bicyclic) bond motifs is 1. The number of aromatic nitrogens is 5. The minimum Gasteiger partial charge on any atom is -0.506 e. The Morgan fingerprint density at radius 3 is 2.58 bits per heavy atom. The molecule has 0 radical (unpaired) electrons. The number of phenols is 1. The minimum atomic E-state index is -0.332. The molecule has 6 rings (SSSR count). The number of aryl methyl sites for hydroxylation is 1. The number of anilines is 1. The van der Waals surface area contributed by atoms with Gasteiger partial charge in [-0.1, -0.05) is 80.5 Å². The summed E-state index contributed by atoms with van der Waals surface area (Å²) < 4.78 is 3.60. The fraction of sp³-hybridized carbons (Fsp3) is 0.176. The fourth-order valence-corrected chi connectivity index (χ4v) is 5.96. The smallest absolute Gasteiger partial charge is 0.320 e. The second kappa shape index (κ2) is 12.3. The Kier molecular flexibility index (Phi) is 8.26. The van der Waals surface area contributed by atoms with E-state index in [0.29, 0.717) is 29.4 Å². The van der Waals surface area contributed by atoms with Crippen molar-refractivity contribution in [3.63, 3.8) is 0 Å². The first-order valence-corrected chi connectivity index (χ1v) is 15.6. The number of amides is 2. The molecule has 0 saturated carbocycles. The molecule has 0 aliphatic carbocycles. The first-order valence-electron chi connectivity index (χ1n) is 14.4. The van der Waals surface area contributed by atoms with Gasteiger partial charge in [0, 0.05) is 34.0 Å². The van der Waals surface area contributed by atoms with Crippen LogP contribution in [-0.2, 0) is 12.0 Å². The molecule has 3 aromatic carbocycles. The quantitative estimate of drug-likeness (QED) is 0.164. The monoisotopic (exact) mass is 637 g/mol. The Morgan fingerprint density at radius 2 is 1.78 bits per heavy atom. The summed E-state index contributed by atoms with van der Waals surface area (Å²) in [7, 11) is 0. The van der Waals surface area contributed by atoms with E-state index in [-0.39, 0.29) is 22.2 Å². The number of nitrogens with zero attached hydrogens (tertiary/aromatic N) is 5. The molecular weight excluding hydrogens is 606 g/mol. The molecule has 2 amide bonds. The number of phenolic OH excluding ortho intramolecular Hbond substituents is 1. The van der Waals surface area contributed by atoms with Gasteiger partial charge in [0.25, 0.3) is 0 Å². The molecule has 0 unspecified atom stereocenters. The number of halogens is 1. The van der Waals surface area contributed by atoms with Crippen LogP contribution in [0.25, 0.3) is 22.7 Å². The Hall–Kier alpha value is -4.80. The van der Waals surface area contributed by atoms with Gasteiger partial charge in [0.1, 0.15) is 11.6 Å². The lowest BCUT2D eigenvalue weighted by Gasteiger charge is -2.14. The van der Waals surface area contributed by atoms with Crippen LogP contribution in [-0.4, -0.2) is 35.5 Å². The zero-order valence-corrected chi connectivity index (χ0v) is 26.8. The number of para-hydroxylation sites is 1. The van der Waals surface area contributed by atoms with Gasteiger partial charge >= 0.3 is 6.03 Å². The molecule has 0 atom stereocenters. The summed E-state index contributed by atoms with van der Waals surface area (Å²) >= 11 is 7.70. The van der Waals surface area contributed by atoms with Crippen LogP contribution in [0.4, 0.5) is 10.6 Å². The number of urea groups is 1. The maximum atomic E-state index is 13.2. The van der Waals surface area contributed by atoms with Crippen LogP contribution >= 0.6 is 23.4 Å². The lowest BCUT2D eigenvalue weighted by Crippen LogP contribution is -2.29. The number of aromatic hydroxyl groups is 1. The van der Waals surface area contributed by atoms with Gasteiger partial charge in [-0.25, -0.2) is 9.48 Å². The second-order valence-electron chi connectivity index (χ2n) is 11.7. The summed E-state index contributed by atoms with van der Waals surface area (Å²) in [6.07, 6.45) is 1.92. The molecular formula is C34H32ClN7O2S. The predicted octanol–water partition coefficient (Wildman–Crippen LogP) is 8.02. The van der Waals surface area contributed by atoms with Crippen molar-refractivity contribution in [1.29, 1.82) is 0 Å². The van der Waals surface area contributed by atoms with Crippen LogP contribution in [0.15, 0.2) is 101 Å². The molecule has 9 nitrogen and oxygen atoms in total. The van der Waals surface area contributed by atoms with E-state index >= 15 is 0 Å². The summed E-state index contributed by atoms with van der Waals surface area (Å²) in [5, 5.41) is 30.1. The standard InChI is InChI=1S/C34H32ClN7O2S/c1-21-9-7-11-23(17-21)42-30(18-28(40-42)34(2,3)4)37-33(44)36-19-22-10-5-6-14-27(22)45-24-15-16-29-38-39-32(41(29)20-24)25-12-8-13-26(35)31(25)43/h5-18,20,43H,19H2,1-4H3,(H2,36,37,44). The molecule has 0 fully saturated rings. The molecule has 3 N–H and O–H groups in total. The molecule has 0 saturated heterocycles. The Bertz CT molecular complexity index is 2030. The number of carbonyl (C=O) groups excluding carboxylic acids is 1. The lowest BCUT2D eigenvalue weighted by molar-refractivity contribution is 0.251. The number of hydrogen-bond acceptors (Lipinski definition) is 6. The van der Waals surface area contributed by atoms with Crippen molar-refractivity contribution in [2.24, 2.45) is 0 Å². The number of benzene rings is 3. The third-order valence-electron chi connectivity index (χ3n) is 7.21. The molecule has 11 heteroatoms. The zero-order valence-electron chi connectivity index (χ0n) is 25.2. The summed E-state index contributed by atoms with van der Waals surface area (Å²) in [5.74, 6) is 1.03. The third-order valence-corrected chi connectivity index (χ3v) is 8.61. The van der Waals surface area contributed by atoms with E-state index in [0.717, 1.165) is 32.3 Å².